The summed E-state index contributed by atoms with van der Waals surface area (Å²) in [6.07, 6.45) is 12.5. The van der Waals surface area contributed by atoms with Crippen molar-refractivity contribution in [1.82, 2.24) is 4.98 Å². The van der Waals surface area contributed by atoms with Crippen LogP contribution in [0.5, 0.6) is 0 Å². The highest BCUT2D eigenvalue weighted by Gasteiger charge is 2.02. The number of fused-ring (bicyclic) bond motifs is 1. The second-order valence-corrected chi connectivity index (χ2v) is 7.70. The molecule has 1 aromatic carbocycles. The molecule has 0 saturated carbocycles. The van der Waals surface area contributed by atoms with Crippen molar-refractivity contribution in [2.24, 2.45) is 0 Å². The Kier molecular flexibility index (Phi) is 9.47. The summed E-state index contributed by atoms with van der Waals surface area (Å²) in [6, 6.07) is 10.6. The van der Waals surface area contributed by atoms with Gasteiger partial charge in [-0.25, -0.2) is 0 Å². The summed E-state index contributed by atoms with van der Waals surface area (Å²) in [5.41, 5.74) is 3.40. The number of rotatable bonds is 12. The van der Waals surface area contributed by atoms with Crippen molar-refractivity contribution in [3.05, 3.63) is 36.0 Å². The second-order valence-electron chi connectivity index (χ2n) is 6.63. The number of hydrogen-bond acceptors (Lipinski definition) is 2. The van der Waals surface area contributed by atoms with Gasteiger partial charge < -0.3 is 5.32 Å². The van der Waals surface area contributed by atoms with E-state index >= 15 is 0 Å². The zero-order chi connectivity index (χ0) is 17.0. The van der Waals surface area contributed by atoms with Gasteiger partial charge in [0.25, 0.3) is 0 Å². The molecular weight excluding hydrogens is 407 g/mol. The first-order valence-electron chi connectivity index (χ1n) is 9.47. The number of para-hydroxylation sites is 1. The predicted molar refractivity (Wildman–Crippen MR) is 115 cm³/mol. The zero-order valence-electron chi connectivity index (χ0n) is 15.0. The number of anilines is 1. The lowest BCUT2D eigenvalue weighted by Gasteiger charge is -2.10. The number of benzene rings is 1. The molecule has 2 aromatic rings. The normalized spacial score (nSPS) is 11.1. The Hall–Kier alpha value is -0.840. The van der Waals surface area contributed by atoms with Gasteiger partial charge in [-0.2, -0.15) is 0 Å². The predicted octanol–water partition coefficient (Wildman–Crippen LogP) is 6.90. The number of nitrogens with zero attached hydrogens (tertiary/aromatic N) is 1. The van der Waals surface area contributed by atoms with Crippen LogP contribution in [-0.2, 0) is 0 Å². The van der Waals surface area contributed by atoms with Crippen LogP contribution in [0, 0.1) is 6.92 Å². The molecule has 0 aliphatic carbocycles. The fourth-order valence-corrected chi connectivity index (χ4v) is 3.67. The van der Waals surface area contributed by atoms with E-state index in [0.29, 0.717) is 0 Å². The molecule has 1 N–H and O–H groups in total. The number of hydrogen-bond donors (Lipinski definition) is 1. The summed E-state index contributed by atoms with van der Waals surface area (Å²) >= 11 is 2.48. The maximum atomic E-state index is 4.60. The van der Waals surface area contributed by atoms with Gasteiger partial charge in [-0.3, -0.25) is 4.98 Å². The highest BCUT2D eigenvalue weighted by atomic mass is 127. The number of alkyl halides is 1. The molecule has 2 nitrogen and oxygen atoms in total. The summed E-state index contributed by atoms with van der Waals surface area (Å²) in [5, 5.41) is 4.84. The topological polar surface area (TPSA) is 24.9 Å². The SMILES string of the molecule is Cc1cc(NCCCCCCCCCCCI)c2ccccc2n1. The Balaban J connectivity index is 1.60. The van der Waals surface area contributed by atoms with Crippen LogP contribution in [0.15, 0.2) is 30.3 Å². The fraction of sp³-hybridized carbons (Fsp3) is 0.571. The van der Waals surface area contributed by atoms with Crippen LogP contribution >= 0.6 is 22.6 Å². The number of halogens is 1. The van der Waals surface area contributed by atoms with Crippen LogP contribution in [0.3, 0.4) is 0 Å². The van der Waals surface area contributed by atoms with Crippen molar-refractivity contribution in [3.8, 4) is 0 Å². The van der Waals surface area contributed by atoms with E-state index in [1.807, 2.05) is 0 Å². The first-order valence-corrected chi connectivity index (χ1v) is 11.0. The minimum Gasteiger partial charge on any atom is -0.384 e. The maximum absolute atomic E-state index is 4.60. The van der Waals surface area contributed by atoms with Crippen molar-refractivity contribution in [3.63, 3.8) is 0 Å². The van der Waals surface area contributed by atoms with Crippen LogP contribution in [0.2, 0.25) is 0 Å². The summed E-state index contributed by atoms with van der Waals surface area (Å²) in [4.78, 5) is 4.60. The minimum atomic E-state index is 1.06. The van der Waals surface area contributed by atoms with E-state index in [1.165, 1.54) is 73.3 Å². The Morgan fingerprint density at radius 2 is 1.50 bits per heavy atom. The average Bonchev–Trinajstić information content (AvgIpc) is 2.59. The van der Waals surface area contributed by atoms with Crippen molar-refractivity contribution < 1.29 is 0 Å². The summed E-state index contributed by atoms with van der Waals surface area (Å²) in [5.74, 6) is 0. The molecule has 0 bridgehead atoms. The van der Waals surface area contributed by atoms with E-state index in [9.17, 15) is 0 Å². The van der Waals surface area contributed by atoms with Gasteiger partial charge >= 0.3 is 0 Å². The molecule has 0 atom stereocenters. The number of nitrogens with one attached hydrogen (secondary N) is 1. The van der Waals surface area contributed by atoms with Crippen molar-refractivity contribution in [2.45, 2.75) is 64.7 Å². The molecule has 0 fully saturated rings. The highest BCUT2D eigenvalue weighted by molar-refractivity contribution is 14.1. The lowest BCUT2D eigenvalue weighted by atomic mass is 10.1. The van der Waals surface area contributed by atoms with E-state index in [2.05, 4.69) is 70.1 Å². The molecule has 0 aliphatic heterocycles. The molecule has 2 rings (SSSR count). The minimum absolute atomic E-state index is 1.06. The summed E-state index contributed by atoms with van der Waals surface area (Å²) in [7, 11) is 0. The van der Waals surface area contributed by atoms with Crippen molar-refractivity contribution >= 4 is 39.2 Å². The molecule has 3 heteroatoms. The van der Waals surface area contributed by atoms with Gasteiger partial charge in [0.2, 0.25) is 0 Å². The van der Waals surface area contributed by atoms with Gasteiger partial charge in [0, 0.05) is 23.3 Å². The zero-order valence-corrected chi connectivity index (χ0v) is 17.1. The molecule has 0 aliphatic rings. The van der Waals surface area contributed by atoms with Gasteiger partial charge in [0.05, 0.1) is 5.52 Å². The molecule has 0 radical (unpaired) electrons. The number of unbranched alkanes of at least 4 members (excludes halogenated alkanes) is 8. The van der Waals surface area contributed by atoms with Gasteiger partial charge in [0.15, 0.2) is 0 Å². The molecule has 0 amide bonds. The fourth-order valence-electron chi connectivity index (χ4n) is 3.13. The maximum Gasteiger partial charge on any atom is 0.0725 e. The Morgan fingerprint density at radius 1 is 0.875 bits per heavy atom. The van der Waals surface area contributed by atoms with E-state index < -0.39 is 0 Å². The molecule has 0 saturated heterocycles. The smallest absolute Gasteiger partial charge is 0.0725 e. The van der Waals surface area contributed by atoms with Gasteiger partial charge in [-0.15, -0.1) is 0 Å². The third-order valence-corrected chi connectivity index (χ3v) is 5.23. The molecule has 132 valence electrons. The van der Waals surface area contributed by atoms with E-state index in [0.717, 1.165) is 17.8 Å². The third kappa shape index (κ3) is 6.96. The van der Waals surface area contributed by atoms with Crippen molar-refractivity contribution in [1.29, 1.82) is 0 Å². The van der Waals surface area contributed by atoms with Gasteiger partial charge in [0.1, 0.15) is 0 Å². The first kappa shape index (κ1) is 19.5. The quantitative estimate of drug-likeness (QED) is 0.222. The molecular formula is C21H31IN2. The van der Waals surface area contributed by atoms with Gasteiger partial charge in [-0.05, 0) is 36.3 Å². The van der Waals surface area contributed by atoms with E-state index in [-0.39, 0.29) is 0 Å². The first-order chi connectivity index (χ1) is 11.8. The highest BCUT2D eigenvalue weighted by Crippen LogP contribution is 2.23. The summed E-state index contributed by atoms with van der Waals surface area (Å²) < 4.78 is 1.32. The third-order valence-electron chi connectivity index (χ3n) is 4.47. The van der Waals surface area contributed by atoms with Crippen LogP contribution in [-0.4, -0.2) is 16.0 Å². The monoisotopic (exact) mass is 438 g/mol. The van der Waals surface area contributed by atoms with E-state index in [4.69, 9.17) is 0 Å². The molecule has 0 spiro atoms. The number of aromatic nitrogens is 1. The van der Waals surface area contributed by atoms with Crippen LogP contribution in [0.25, 0.3) is 10.9 Å². The Labute approximate surface area is 161 Å². The lowest BCUT2D eigenvalue weighted by Crippen LogP contribution is -2.03. The lowest BCUT2D eigenvalue weighted by molar-refractivity contribution is 0.571. The molecule has 1 heterocycles. The molecule has 1 aromatic heterocycles. The largest absolute Gasteiger partial charge is 0.384 e. The number of aryl methyl sites for hydroxylation is 1. The van der Waals surface area contributed by atoms with E-state index in [1.54, 1.807) is 0 Å². The molecule has 0 unspecified atom stereocenters. The number of pyridine rings is 1. The Bertz CT molecular complexity index is 597. The molecule has 24 heavy (non-hydrogen) atoms. The van der Waals surface area contributed by atoms with Crippen LogP contribution < -0.4 is 5.32 Å². The summed E-state index contributed by atoms with van der Waals surface area (Å²) in [6.45, 7) is 3.13. The van der Waals surface area contributed by atoms with Crippen LogP contribution in [0.1, 0.15) is 63.5 Å². The standard InChI is InChI=1S/C21H31IN2/c1-18-17-21(19-13-9-10-14-20(19)24-18)23-16-12-8-6-4-2-3-5-7-11-15-22/h9-10,13-14,17H,2-8,11-12,15-16H2,1H3,(H,23,24). The second kappa shape index (κ2) is 11.7. The average molecular weight is 438 g/mol. The van der Waals surface area contributed by atoms with Crippen molar-refractivity contribution in [2.75, 3.05) is 16.3 Å². The Morgan fingerprint density at radius 3 is 2.21 bits per heavy atom. The van der Waals surface area contributed by atoms with Gasteiger partial charge in [-0.1, -0.05) is 85.7 Å². The van der Waals surface area contributed by atoms with Crippen LogP contribution in [0.4, 0.5) is 5.69 Å².